The quantitative estimate of drug-likeness (QED) is 0.583. The Morgan fingerprint density at radius 3 is 2.42 bits per heavy atom. The summed E-state index contributed by atoms with van der Waals surface area (Å²) in [6.45, 7) is 2.01. The van der Waals surface area contributed by atoms with Gasteiger partial charge < -0.3 is 4.90 Å². The van der Waals surface area contributed by atoms with Crippen molar-refractivity contribution in [2.24, 2.45) is 5.41 Å². The van der Waals surface area contributed by atoms with Crippen LogP contribution in [0.25, 0.3) is 11.4 Å². The van der Waals surface area contributed by atoms with E-state index in [-0.39, 0.29) is 37.4 Å². The van der Waals surface area contributed by atoms with E-state index in [1.807, 2.05) is 0 Å². The van der Waals surface area contributed by atoms with Crippen LogP contribution >= 0.6 is 0 Å². The minimum absolute atomic E-state index is 0.218. The number of nitrogens with zero attached hydrogens (tertiary/aromatic N) is 5. The number of pyridine rings is 1. The van der Waals surface area contributed by atoms with Crippen LogP contribution in [0.2, 0.25) is 0 Å². The summed E-state index contributed by atoms with van der Waals surface area (Å²) in [4.78, 5) is 27.2. The smallest absolute Gasteiger partial charge is 0.256 e. The molecule has 3 heterocycles. The molecule has 0 spiro atoms. The maximum Gasteiger partial charge on any atom is 0.256 e. The van der Waals surface area contributed by atoms with Gasteiger partial charge in [0.25, 0.3) is 5.91 Å². The van der Waals surface area contributed by atoms with Gasteiger partial charge in [-0.15, -0.1) is 0 Å². The van der Waals surface area contributed by atoms with Gasteiger partial charge in [0.1, 0.15) is 29.5 Å². The van der Waals surface area contributed by atoms with Crippen LogP contribution in [0.4, 0.5) is 13.2 Å². The number of hydrogen-bond donors (Lipinski definition) is 0. The molecular formula is C24H20F3N5O. The van der Waals surface area contributed by atoms with E-state index in [0.717, 1.165) is 0 Å². The first kappa shape index (κ1) is 22.4. The summed E-state index contributed by atoms with van der Waals surface area (Å²) in [5.41, 5.74) is -0.111. The maximum atomic E-state index is 14.4. The molecule has 1 aliphatic heterocycles. The highest BCUT2D eigenvalue weighted by Gasteiger charge is 2.43. The van der Waals surface area contributed by atoms with E-state index in [4.69, 9.17) is 0 Å². The topological polar surface area (TPSA) is 82.8 Å². The molecule has 0 unspecified atom stereocenters. The molecule has 2 aromatic heterocycles. The van der Waals surface area contributed by atoms with Gasteiger partial charge in [0.2, 0.25) is 0 Å². The van der Waals surface area contributed by atoms with Crippen molar-refractivity contribution < 1.29 is 18.0 Å². The number of halogens is 3. The Labute approximate surface area is 188 Å². The summed E-state index contributed by atoms with van der Waals surface area (Å²) in [5.74, 6) is -4.13. The fourth-order valence-electron chi connectivity index (χ4n) is 4.38. The van der Waals surface area contributed by atoms with Crippen LogP contribution in [-0.2, 0) is 0 Å². The summed E-state index contributed by atoms with van der Waals surface area (Å²) < 4.78 is 42.1. The third kappa shape index (κ3) is 4.16. The molecule has 1 fully saturated rings. The third-order valence-electron chi connectivity index (χ3n) is 6.33. The number of rotatable bonds is 4. The van der Waals surface area contributed by atoms with Crippen LogP contribution in [0.3, 0.4) is 0 Å². The average Bonchev–Trinajstić information content (AvgIpc) is 2.83. The molecule has 9 heteroatoms. The Morgan fingerprint density at radius 2 is 1.82 bits per heavy atom. The second-order valence-electron chi connectivity index (χ2n) is 8.06. The minimum Gasteiger partial charge on any atom is -0.338 e. The van der Waals surface area contributed by atoms with Crippen LogP contribution < -0.4 is 0 Å². The SMILES string of the molecule is C[C@H](c1c(F)cc(F)cc1F)C1(C#N)CCN(C(=O)c2cccnc2-c2ccncn2)CC1. The van der Waals surface area contributed by atoms with Crippen LogP contribution in [0.15, 0.2) is 49.1 Å². The van der Waals surface area contributed by atoms with Crippen molar-refractivity contribution in [1.29, 1.82) is 5.26 Å². The summed E-state index contributed by atoms with van der Waals surface area (Å²) in [5, 5.41) is 9.95. The van der Waals surface area contributed by atoms with Crippen molar-refractivity contribution in [3.05, 3.63) is 77.6 Å². The van der Waals surface area contributed by atoms with Crippen molar-refractivity contribution in [3.63, 3.8) is 0 Å². The zero-order valence-electron chi connectivity index (χ0n) is 17.8. The van der Waals surface area contributed by atoms with Gasteiger partial charge >= 0.3 is 0 Å². The van der Waals surface area contributed by atoms with Gasteiger partial charge in [0, 0.05) is 49.1 Å². The van der Waals surface area contributed by atoms with Crippen molar-refractivity contribution in [2.75, 3.05) is 13.1 Å². The number of nitriles is 1. The second kappa shape index (κ2) is 8.98. The van der Waals surface area contributed by atoms with Crippen LogP contribution in [0.5, 0.6) is 0 Å². The number of carbonyl (C=O) groups is 1. The highest BCUT2D eigenvalue weighted by atomic mass is 19.1. The third-order valence-corrected chi connectivity index (χ3v) is 6.33. The van der Waals surface area contributed by atoms with E-state index in [1.165, 1.54) is 6.33 Å². The predicted octanol–water partition coefficient (Wildman–Crippen LogP) is 4.51. The Morgan fingerprint density at radius 1 is 1.12 bits per heavy atom. The van der Waals surface area contributed by atoms with Gasteiger partial charge in [0.05, 0.1) is 22.7 Å². The molecule has 1 saturated heterocycles. The van der Waals surface area contributed by atoms with Crippen LogP contribution in [0, 0.1) is 34.2 Å². The van der Waals surface area contributed by atoms with Crippen molar-refractivity contribution in [3.8, 4) is 17.5 Å². The monoisotopic (exact) mass is 451 g/mol. The second-order valence-corrected chi connectivity index (χ2v) is 8.06. The van der Waals surface area contributed by atoms with Crippen molar-refractivity contribution >= 4 is 5.91 Å². The molecule has 1 amide bonds. The van der Waals surface area contributed by atoms with Gasteiger partial charge in [-0.25, -0.2) is 23.1 Å². The molecular weight excluding hydrogens is 431 g/mol. The molecule has 0 saturated carbocycles. The maximum absolute atomic E-state index is 14.4. The highest BCUT2D eigenvalue weighted by molar-refractivity contribution is 5.99. The van der Waals surface area contributed by atoms with Gasteiger partial charge in [-0.2, -0.15) is 5.26 Å². The normalized spacial score (nSPS) is 16.2. The number of aromatic nitrogens is 3. The lowest BCUT2D eigenvalue weighted by molar-refractivity contribution is 0.0620. The lowest BCUT2D eigenvalue weighted by Crippen LogP contribution is -2.45. The lowest BCUT2D eigenvalue weighted by Gasteiger charge is -2.41. The fourth-order valence-corrected chi connectivity index (χ4v) is 4.38. The molecule has 0 aliphatic carbocycles. The molecule has 1 atom stereocenters. The molecule has 1 aliphatic rings. The summed E-state index contributed by atoms with van der Waals surface area (Å²) in [7, 11) is 0. The summed E-state index contributed by atoms with van der Waals surface area (Å²) >= 11 is 0. The zero-order valence-corrected chi connectivity index (χ0v) is 17.8. The van der Waals surface area contributed by atoms with E-state index in [9.17, 15) is 23.2 Å². The molecule has 3 aromatic rings. The number of carbonyl (C=O) groups excluding carboxylic acids is 1. The standard InChI is InChI=1S/C24H20F3N5O/c1-15(21-18(26)11-16(25)12-19(21)27)24(13-28)5-9-32(10-6-24)23(33)17-3-2-7-30-22(17)20-4-8-29-14-31-20/h2-4,7-8,11-12,14-15H,5-6,9-10H2,1H3/t15-/m1/s1. The van der Waals surface area contributed by atoms with Crippen LogP contribution in [0.1, 0.15) is 41.6 Å². The first-order chi connectivity index (χ1) is 15.9. The van der Waals surface area contributed by atoms with E-state index in [1.54, 1.807) is 42.4 Å². The molecule has 168 valence electrons. The molecule has 6 nitrogen and oxygen atoms in total. The molecule has 0 N–H and O–H groups in total. The highest BCUT2D eigenvalue weighted by Crippen LogP contribution is 2.45. The largest absolute Gasteiger partial charge is 0.338 e. The van der Waals surface area contributed by atoms with Gasteiger partial charge in [0.15, 0.2) is 0 Å². The van der Waals surface area contributed by atoms with Gasteiger partial charge in [-0.3, -0.25) is 9.78 Å². The Kier molecular flexibility index (Phi) is 6.09. The first-order valence-electron chi connectivity index (χ1n) is 10.4. The van der Waals surface area contributed by atoms with Crippen molar-refractivity contribution in [1.82, 2.24) is 19.9 Å². The van der Waals surface area contributed by atoms with Gasteiger partial charge in [-0.05, 0) is 31.0 Å². The number of amides is 1. The van der Waals surface area contributed by atoms with E-state index in [2.05, 4.69) is 21.0 Å². The Bertz CT molecular complexity index is 1200. The lowest BCUT2D eigenvalue weighted by atomic mass is 9.67. The molecule has 0 radical (unpaired) electrons. The first-order valence-corrected chi connectivity index (χ1v) is 10.4. The molecule has 4 rings (SSSR count). The molecule has 0 bridgehead atoms. The number of likely N-dealkylation sites (tertiary alicyclic amines) is 1. The van der Waals surface area contributed by atoms with Crippen molar-refractivity contribution in [2.45, 2.75) is 25.7 Å². The van der Waals surface area contributed by atoms with E-state index < -0.39 is 28.8 Å². The summed E-state index contributed by atoms with van der Waals surface area (Å²) in [6.07, 6.45) is 4.93. The average molecular weight is 451 g/mol. The zero-order chi connectivity index (χ0) is 23.6. The minimum atomic E-state index is -1.10. The molecule has 33 heavy (non-hydrogen) atoms. The fraction of sp³-hybridized carbons (Fsp3) is 0.292. The van der Waals surface area contributed by atoms with Gasteiger partial charge in [-0.1, -0.05) is 6.92 Å². The number of piperidine rings is 1. The molecule has 1 aromatic carbocycles. The number of hydrogen-bond acceptors (Lipinski definition) is 5. The Hall–Kier alpha value is -3.80. The Balaban J connectivity index is 1.57. The predicted molar refractivity (Wildman–Crippen MR) is 113 cm³/mol. The van der Waals surface area contributed by atoms with Crippen LogP contribution in [-0.4, -0.2) is 38.8 Å². The number of benzene rings is 1. The summed E-state index contributed by atoms with van der Waals surface area (Å²) in [6, 6.07) is 8.44. The van der Waals surface area contributed by atoms with E-state index >= 15 is 0 Å². The van der Waals surface area contributed by atoms with E-state index in [0.29, 0.717) is 29.1 Å².